The summed E-state index contributed by atoms with van der Waals surface area (Å²) in [5.74, 6) is 0.756. The van der Waals surface area contributed by atoms with E-state index in [1.54, 1.807) is 24.3 Å². The molecule has 0 aromatic heterocycles. The molecule has 0 bridgehead atoms. The first kappa shape index (κ1) is 22.2. The van der Waals surface area contributed by atoms with Gasteiger partial charge in [-0.25, -0.2) is 8.42 Å². The molecule has 31 heavy (non-hydrogen) atoms. The van der Waals surface area contributed by atoms with Gasteiger partial charge in [-0.05, 0) is 61.0 Å². The number of amides is 1. The second kappa shape index (κ2) is 9.99. The maximum atomic E-state index is 12.5. The van der Waals surface area contributed by atoms with E-state index < -0.39 is 10.0 Å². The van der Waals surface area contributed by atoms with Crippen LogP contribution in [0.3, 0.4) is 0 Å². The Kier molecular flexibility index (Phi) is 7.15. The fraction of sp³-hybridized carbons (Fsp3) is 0.174. The van der Waals surface area contributed by atoms with Gasteiger partial charge in [0, 0.05) is 5.69 Å². The molecular weight excluding hydrogens is 416 g/mol. The van der Waals surface area contributed by atoms with Crippen molar-refractivity contribution in [1.29, 1.82) is 0 Å². The molecule has 3 aromatic rings. The predicted octanol–water partition coefficient (Wildman–Crippen LogP) is 3.75. The first-order valence-corrected chi connectivity index (χ1v) is 11.1. The van der Waals surface area contributed by atoms with Gasteiger partial charge < -0.3 is 14.8 Å². The van der Waals surface area contributed by atoms with Crippen LogP contribution in [0.25, 0.3) is 0 Å². The van der Waals surface area contributed by atoms with E-state index >= 15 is 0 Å². The zero-order valence-electron chi connectivity index (χ0n) is 17.2. The van der Waals surface area contributed by atoms with Crippen LogP contribution in [0.5, 0.6) is 11.5 Å². The molecule has 3 aromatic carbocycles. The smallest absolute Gasteiger partial charge is 0.261 e. The summed E-state index contributed by atoms with van der Waals surface area (Å²) >= 11 is 0. The van der Waals surface area contributed by atoms with Crippen molar-refractivity contribution in [1.82, 2.24) is 5.32 Å². The number of ether oxygens (including phenoxy) is 2. The highest BCUT2D eigenvalue weighted by Gasteiger charge is 2.15. The molecule has 8 heteroatoms. The summed E-state index contributed by atoms with van der Waals surface area (Å²) in [5, 5.41) is 2.86. The first-order chi connectivity index (χ1) is 14.9. The monoisotopic (exact) mass is 440 g/mol. The van der Waals surface area contributed by atoms with Crippen LogP contribution < -0.4 is 19.5 Å². The molecule has 2 N–H and O–H groups in total. The normalized spacial score (nSPS) is 11.9. The van der Waals surface area contributed by atoms with Gasteiger partial charge in [0.15, 0.2) is 6.61 Å². The lowest BCUT2D eigenvalue weighted by Crippen LogP contribution is -2.31. The second-order valence-electron chi connectivity index (χ2n) is 6.79. The summed E-state index contributed by atoms with van der Waals surface area (Å²) in [6.45, 7) is 1.72. The van der Waals surface area contributed by atoms with Gasteiger partial charge in [0.05, 0.1) is 18.0 Å². The molecule has 0 aliphatic carbocycles. The lowest BCUT2D eigenvalue weighted by atomic mass is 10.1. The van der Waals surface area contributed by atoms with Crippen molar-refractivity contribution in [3.63, 3.8) is 0 Å². The third-order valence-electron chi connectivity index (χ3n) is 4.52. The molecule has 0 heterocycles. The Labute approximate surface area is 182 Å². The topological polar surface area (TPSA) is 93.7 Å². The Hall–Kier alpha value is -3.52. The van der Waals surface area contributed by atoms with E-state index in [0.717, 1.165) is 5.56 Å². The predicted molar refractivity (Wildman–Crippen MR) is 119 cm³/mol. The number of hydrogen-bond donors (Lipinski definition) is 2. The minimum absolute atomic E-state index is 0.0813. The summed E-state index contributed by atoms with van der Waals surface area (Å²) in [5.41, 5.74) is 1.42. The second-order valence-corrected chi connectivity index (χ2v) is 8.48. The van der Waals surface area contributed by atoms with Crippen LogP contribution in [0.2, 0.25) is 0 Å². The first-order valence-electron chi connectivity index (χ1n) is 9.61. The van der Waals surface area contributed by atoms with Crippen LogP contribution in [0.4, 0.5) is 5.69 Å². The Morgan fingerprint density at radius 2 is 1.52 bits per heavy atom. The molecule has 0 spiro atoms. The molecule has 1 amide bonds. The molecule has 7 nitrogen and oxygen atoms in total. The number of rotatable bonds is 9. The molecule has 1 atom stereocenters. The van der Waals surface area contributed by atoms with Gasteiger partial charge in [0.2, 0.25) is 0 Å². The van der Waals surface area contributed by atoms with Crippen molar-refractivity contribution < 1.29 is 22.7 Å². The number of carbonyl (C=O) groups excluding carboxylic acids is 1. The lowest BCUT2D eigenvalue weighted by molar-refractivity contribution is -0.123. The molecule has 0 saturated carbocycles. The Morgan fingerprint density at radius 3 is 2.13 bits per heavy atom. The van der Waals surface area contributed by atoms with Crippen LogP contribution in [0, 0.1) is 0 Å². The zero-order chi connectivity index (χ0) is 22.3. The van der Waals surface area contributed by atoms with Crippen LogP contribution in [0.1, 0.15) is 18.5 Å². The minimum atomic E-state index is -3.75. The molecular formula is C23H24N2O5S. The highest BCUT2D eigenvalue weighted by atomic mass is 32.2. The van der Waals surface area contributed by atoms with E-state index in [0.29, 0.717) is 17.2 Å². The van der Waals surface area contributed by atoms with Gasteiger partial charge in [0.25, 0.3) is 15.9 Å². The fourth-order valence-corrected chi connectivity index (χ4v) is 3.90. The zero-order valence-corrected chi connectivity index (χ0v) is 18.1. The van der Waals surface area contributed by atoms with Gasteiger partial charge in [-0.3, -0.25) is 9.52 Å². The summed E-state index contributed by atoms with van der Waals surface area (Å²) in [7, 11) is -2.22. The van der Waals surface area contributed by atoms with Gasteiger partial charge in [-0.2, -0.15) is 0 Å². The standard InChI is InChI=1S/C23H24N2O5S/c1-17(18-6-4-3-5-7-18)24-23(26)16-30-21-12-14-22(15-13-21)31(27,28)25-19-8-10-20(29-2)11-9-19/h3-15,17,25H,16H2,1-2H3,(H,24,26)/t17-/m0/s1. The van der Waals surface area contributed by atoms with Crippen LogP contribution in [-0.4, -0.2) is 28.0 Å². The van der Waals surface area contributed by atoms with Crippen molar-refractivity contribution in [3.8, 4) is 11.5 Å². The van der Waals surface area contributed by atoms with E-state index in [4.69, 9.17) is 9.47 Å². The lowest BCUT2D eigenvalue weighted by Gasteiger charge is -2.15. The summed E-state index contributed by atoms with van der Waals surface area (Å²) < 4.78 is 38.1. The molecule has 0 fully saturated rings. The molecule has 0 radical (unpaired) electrons. The van der Waals surface area contributed by atoms with E-state index in [2.05, 4.69) is 10.0 Å². The van der Waals surface area contributed by atoms with Gasteiger partial charge in [0.1, 0.15) is 11.5 Å². The van der Waals surface area contributed by atoms with E-state index in [1.807, 2.05) is 37.3 Å². The average molecular weight is 441 g/mol. The molecule has 3 rings (SSSR count). The van der Waals surface area contributed by atoms with E-state index in [-0.39, 0.29) is 23.5 Å². The maximum absolute atomic E-state index is 12.5. The van der Waals surface area contributed by atoms with Crippen LogP contribution in [-0.2, 0) is 14.8 Å². The maximum Gasteiger partial charge on any atom is 0.261 e. The molecule has 162 valence electrons. The van der Waals surface area contributed by atoms with E-state index in [1.165, 1.54) is 31.4 Å². The third-order valence-corrected chi connectivity index (χ3v) is 5.92. The highest BCUT2D eigenvalue weighted by molar-refractivity contribution is 7.92. The summed E-state index contributed by atoms with van der Waals surface area (Å²) in [6.07, 6.45) is 0. The van der Waals surface area contributed by atoms with Crippen molar-refractivity contribution in [3.05, 3.63) is 84.4 Å². The Bertz CT molecular complexity index is 1100. The molecule has 0 unspecified atom stereocenters. The number of sulfonamides is 1. The number of anilines is 1. The number of hydrogen-bond acceptors (Lipinski definition) is 5. The molecule has 0 aliphatic rings. The van der Waals surface area contributed by atoms with Crippen molar-refractivity contribution in [2.45, 2.75) is 17.9 Å². The van der Waals surface area contributed by atoms with E-state index in [9.17, 15) is 13.2 Å². The Morgan fingerprint density at radius 1 is 0.903 bits per heavy atom. The molecule has 0 saturated heterocycles. The molecule has 0 aliphatic heterocycles. The summed E-state index contributed by atoms with van der Waals surface area (Å²) in [4.78, 5) is 12.2. The minimum Gasteiger partial charge on any atom is -0.497 e. The quantitative estimate of drug-likeness (QED) is 0.529. The van der Waals surface area contributed by atoms with Crippen LogP contribution in [0.15, 0.2) is 83.8 Å². The fourth-order valence-electron chi connectivity index (χ4n) is 2.85. The van der Waals surface area contributed by atoms with Gasteiger partial charge in [-0.15, -0.1) is 0 Å². The van der Waals surface area contributed by atoms with Crippen molar-refractivity contribution in [2.75, 3.05) is 18.4 Å². The third kappa shape index (κ3) is 6.23. The van der Waals surface area contributed by atoms with Gasteiger partial charge >= 0.3 is 0 Å². The average Bonchev–Trinajstić information content (AvgIpc) is 2.79. The number of carbonyl (C=O) groups is 1. The van der Waals surface area contributed by atoms with Gasteiger partial charge in [-0.1, -0.05) is 30.3 Å². The summed E-state index contributed by atoms with van der Waals surface area (Å²) in [6, 6.07) is 21.9. The Balaban J connectivity index is 1.54. The number of methoxy groups -OCH3 is 1. The number of benzene rings is 3. The van der Waals surface area contributed by atoms with Crippen molar-refractivity contribution >= 4 is 21.6 Å². The highest BCUT2D eigenvalue weighted by Crippen LogP contribution is 2.21. The van der Waals surface area contributed by atoms with Crippen LogP contribution >= 0.6 is 0 Å². The number of nitrogens with one attached hydrogen (secondary N) is 2. The largest absolute Gasteiger partial charge is 0.497 e. The van der Waals surface area contributed by atoms with Crippen molar-refractivity contribution in [2.24, 2.45) is 0 Å². The SMILES string of the molecule is COc1ccc(NS(=O)(=O)c2ccc(OCC(=O)N[C@@H](C)c3ccccc3)cc2)cc1.